The lowest BCUT2D eigenvalue weighted by Crippen LogP contribution is -2.41. The number of ether oxygens (including phenoxy) is 1. The first-order valence-electron chi connectivity index (χ1n) is 10.2. The van der Waals surface area contributed by atoms with Crippen LogP contribution in [0.2, 0.25) is 0 Å². The van der Waals surface area contributed by atoms with Crippen molar-refractivity contribution in [2.24, 2.45) is 5.92 Å². The maximum absolute atomic E-state index is 12.8. The number of benzene rings is 1. The van der Waals surface area contributed by atoms with Crippen molar-refractivity contribution >= 4 is 28.6 Å². The normalized spacial score (nSPS) is 16.7. The van der Waals surface area contributed by atoms with Gasteiger partial charge in [-0.15, -0.1) is 0 Å². The van der Waals surface area contributed by atoms with Crippen molar-refractivity contribution in [1.82, 2.24) is 19.9 Å². The topological polar surface area (TPSA) is 96.0 Å². The lowest BCUT2D eigenvalue weighted by molar-refractivity contribution is -0.120. The molecule has 1 aliphatic heterocycles. The van der Waals surface area contributed by atoms with E-state index in [1.165, 1.54) is 6.33 Å². The van der Waals surface area contributed by atoms with Gasteiger partial charge in [0, 0.05) is 18.8 Å². The molecule has 1 amide bonds. The number of fused-ring (bicyclic) bond motifs is 1. The second kappa shape index (κ2) is 8.89. The van der Waals surface area contributed by atoms with E-state index in [0.29, 0.717) is 18.8 Å². The summed E-state index contributed by atoms with van der Waals surface area (Å²) < 4.78 is 5.67. The van der Waals surface area contributed by atoms with E-state index in [0.717, 1.165) is 55.0 Å². The van der Waals surface area contributed by atoms with E-state index in [1.54, 1.807) is 6.33 Å². The number of unbranched alkanes of at least 4 members (excludes halogenated alkanes) is 1. The van der Waals surface area contributed by atoms with Crippen LogP contribution in [0.15, 0.2) is 36.9 Å². The summed E-state index contributed by atoms with van der Waals surface area (Å²) in [7, 11) is 0. The smallest absolute Gasteiger partial charge is 0.229 e. The van der Waals surface area contributed by atoms with Gasteiger partial charge in [-0.3, -0.25) is 4.79 Å². The Morgan fingerprint density at radius 2 is 2.14 bits per heavy atom. The molecule has 0 bridgehead atoms. The maximum atomic E-state index is 12.8. The minimum atomic E-state index is -0.0998. The van der Waals surface area contributed by atoms with Crippen LogP contribution in [0.4, 0.5) is 11.5 Å². The number of H-pyrrole nitrogens is 1. The van der Waals surface area contributed by atoms with Crippen LogP contribution >= 0.6 is 0 Å². The number of hydrogen-bond donors (Lipinski definition) is 2. The maximum Gasteiger partial charge on any atom is 0.229 e. The molecule has 1 aliphatic rings. The number of aromatic amines is 1. The molecule has 0 radical (unpaired) electrons. The molecule has 3 aromatic rings. The largest absolute Gasteiger partial charge is 0.494 e. The standard InChI is InChI=1S/C21H26N6O2/c1-2-3-11-29-17-8-6-16(7-9-17)26-21(28)15-5-4-10-27(12-15)20-18-19(23-13-22-18)24-14-25-20/h6-9,13-15H,2-5,10-12H2,1H3,(H,26,28)(H,22,23,24,25). The average molecular weight is 394 g/mol. The van der Waals surface area contributed by atoms with Crippen LogP contribution in [-0.4, -0.2) is 45.5 Å². The second-order valence-corrected chi connectivity index (χ2v) is 7.30. The van der Waals surface area contributed by atoms with Crippen molar-refractivity contribution < 1.29 is 9.53 Å². The van der Waals surface area contributed by atoms with Crippen LogP contribution in [0.25, 0.3) is 11.2 Å². The average Bonchev–Trinajstić information content (AvgIpc) is 3.24. The predicted octanol–water partition coefficient (Wildman–Crippen LogP) is 3.39. The van der Waals surface area contributed by atoms with E-state index in [2.05, 4.69) is 37.1 Å². The van der Waals surface area contributed by atoms with Crippen LogP contribution in [0.3, 0.4) is 0 Å². The number of nitrogens with zero attached hydrogens (tertiary/aromatic N) is 4. The van der Waals surface area contributed by atoms with Crippen molar-refractivity contribution in [3.63, 3.8) is 0 Å². The summed E-state index contributed by atoms with van der Waals surface area (Å²) in [5, 5.41) is 3.04. The molecule has 1 saturated heterocycles. The molecule has 4 rings (SSSR count). The molecular weight excluding hydrogens is 368 g/mol. The number of carbonyl (C=O) groups is 1. The Labute approximate surface area is 169 Å². The minimum Gasteiger partial charge on any atom is -0.494 e. The molecule has 1 unspecified atom stereocenters. The van der Waals surface area contributed by atoms with E-state index in [1.807, 2.05) is 24.3 Å². The first kappa shape index (κ1) is 19.2. The van der Waals surface area contributed by atoms with Crippen molar-refractivity contribution in [3.05, 3.63) is 36.9 Å². The fourth-order valence-corrected chi connectivity index (χ4v) is 3.59. The van der Waals surface area contributed by atoms with Crippen LogP contribution in [-0.2, 0) is 4.79 Å². The summed E-state index contributed by atoms with van der Waals surface area (Å²) >= 11 is 0. The zero-order valence-corrected chi connectivity index (χ0v) is 16.6. The highest BCUT2D eigenvalue weighted by Gasteiger charge is 2.28. The van der Waals surface area contributed by atoms with Gasteiger partial charge in [0.2, 0.25) is 5.91 Å². The Hall–Kier alpha value is -3.16. The van der Waals surface area contributed by atoms with Crippen molar-refractivity contribution in [2.75, 3.05) is 29.9 Å². The molecule has 3 heterocycles. The highest BCUT2D eigenvalue weighted by Crippen LogP contribution is 2.26. The lowest BCUT2D eigenvalue weighted by Gasteiger charge is -2.32. The number of anilines is 2. The van der Waals surface area contributed by atoms with Crippen LogP contribution in [0.5, 0.6) is 5.75 Å². The third kappa shape index (κ3) is 4.47. The van der Waals surface area contributed by atoms with E-state index in [-0.39, 0.29) is 11.8 Å². The Kier molecular flexibility index (Phi) is 5.88. The van der Waals surface area contributed by atoms with E-state index >= 15 is 0 Å². The zero-order valence-electron chi connectivity index (χ0n) is 16.6. The van der Waals surface area contributed by atoms with Gasteiger partial charge in [0.15, 0.2) is 11.5 Å². The van der Waals surface area contributed by atoms with Crippen molar-refractivity contribution in [2.45, 2.75) is 32.6 Å². The molecule has 0 saturated carbocycles. The molecule has 2 aromatic heterocycles. The van der Waals surface area contributed by atoms with Gasteiger partial charge in [0.1, 0.15) is 17.6 Å². The minimum absolute atomic E-state index is 0.0317. The van der Waals surface area contributed by atoms with Gasteiger partial charge < -0.3 is 19.9 Å². The number of carbonyl (C=O) groups excluding carboxylic acids is 1. The quantitative estimate of drug-likeness (QED) is 0.597. The monoisotopic (exact) mass is 394 g/mol. The number of hydrogen-bond acceptors (Lipinski definition) is 6. The van der Waals surface area contributed by atoms with Gasteiger partial charge in [0.25, 0.3) is 0 Å². The van der Waals surface area contributed by atoms with Gasteiger partial charge in [-0.05, 0) is 43.5 Å². The van der Waals surface area contributed by atoms with Crippen LogP contribution in [0.1, 0.15) is 32.6 Å². The number of piperidine rings is 1. The Morgan fingerprint density at radius 3 is 2.97 bits per heavy atom. The van der Waals surface area contributed by atoms with Gasteiger partial charge in [0.05, 0.1) is 18.9 Å². The molecule has 1 atom stereocenters. The Morgan fingerprint density at radius 1 is 1.28 bits per heavy atom. The fraction of sp³-hybridized carbons (Fsp3) is 0.429. The van der Waals surface area contributed by atoms with Crippen LogP contribution in [0, 0.1) is 5.92 Å². The first-order chi connectivity index (χ1) is 14.2. The molecular formula is C21H26N6O2. The highest BCUT2D eigenvalue weighted by atomic mass is 16.5. The predicted molar refractivity (Wildman–Crippen MR) is 112 cm³/mol. The molecule has 29 heavy (non-hydrogen) atoms. The van der Waals surface area contributed by atoms with Crippen molar-refractivity contribution in [3.8, 4) is 5.75 Å². The molecule has 0 aliphatic carbocycles. The molecule has 8 nitrogen and oxygen atoms in total. The summed E-state index contributed by atoms with van der Waals surface area (Å²) in [4.78, 5) is 30.9. The highest BCUT2D eigenvalue weighted by molar-refractivity contribution is 5.93. The summed E-state index contributed by atoms with van der Waals surface area (Å²) in [6.45, 7) is 4.33. The van der Waals surface area contributed by atoms with Gasteiger partial charge in [-0.25, -0.2) is 15.0 Å². The number of aromatic nitrogens is 4. The SMILES string of the molecule is CCCCOc1ccc(NC(=O)C2CCCN(c3ncnc4nc[nH]c34)C2)cc1. The second-order valence-electron chi connectivity index (χ2n) is 7.30. The molecule has 2 N–H and O–H groups in total. The summed E-state index contributed by atoms with van der Waals surface area (Å²) in [6, 6.07) is 7.57. The van der Waals surface area contributed by atoms with E-state index in [9.17, 15) is 4.79 Å². The fourth-order valence-electron chi connectivity index (χ4n) is 3.59. The van der Waals surface area contributed by atoms with E-state index < -0.39 is 0 Å². The van der Waals surface area contributed by atoms with E-state index in [4.69, 9.17) is 4.74 Å². The summed E-state index contributed by atoms with van der Waals surface area (Å²) in [6.07, 6.45) is 7.07. The Bertz CT molecular complexity index is 955. The number of imidazole rings is 1. The molecule has 1 fully saturated rings. The van der Waals surface area contributed by atoms with Crippen LogP contribution < -0.4 is 15.0 Å². The van der Waals surface area contributed by atoms with Crippen molar-refractivity contribution in [1.29, 1.82) is 0 Å². The third-order valence-electron chi connectivity index (χ3n) is 5.18. The van der Waals surface area contributed by atoms with Gasteiger partial charge in [-0.1, -0.05) is 13.3 Å². The number of amides is 1. The third-order valence-corrected chi connectivity index (χ3v) is 5.18. The molecule has 152 valence electrons. The first-order valence-corrected chi connectivity index (χ1v) is 10.2. The van der Waals surface area contributed by atoms with Gasteiger partial charge >= 0.3 is 0 Å². The Balaban J connectivity index is 1.38. The van der Waals surface area contributed by atoms with Gasteiger partial charge in [-0.2, -0.15) is 0 Å². The zero-order chi connectivity index (χ0) is 20.1. The number of rotatable bonds is 7. The molecule has 0 spiro atoms. The molecule has 8 heteroatoms. The summed E-state index contributed by atoms with van der Waals surface area (Å²) in [5.74, 6) is 1.56. The molecule has 1 aromatic carbocycles. The summed E-state index contributed by atoms with van der Waals surface area (Å²) in [5.41, 5.74) is 2.24. The number of nitrogens with one attached hydrogen (secondary N) is 2. The lowest BCUT2D eigenvalue weighted by atomic mass is 9.97.